The van der Waals surface area contributed by atoms with Crippen molar-refractivity contribution in [2.45, 2.75) is 70.9 Å². The highest BCUT2D eigenvalue weighted by Crippen LogP contribution is 2.45. The summed E-state index contributed by atoms with van der Waals surface area (Å²) in [6, 6.07) is 6.04. The summed E-state index contributed by atoms with van der Waals surface area (Å²) in [6.07, 6.45) is 4.63. The highest BCUT2D eigenvalue weighted by molar-refractivity contribution is 5.70. The standard InChI is InChI=1S/C24H28F3NO3/c1-15-6-5-7-16(2)13-18(12-15)29-14-20-22(28-31-23(20)17-10-11-17)19-8-3-4-9-21(19)30-24(25,26)27/h3-6,8-9,15-18H,7,10-14H2,1-2H3/b6-5+. The molecule has 2 aromatic rings. The van der Waals surface area contributed by atoms with Crippen molar-refractivity contribution >= 4 is 0 Å². The van der Waals surface area contributed by atoms with Gasteiger partial charge in [-0.3, -0.25) is 0 Å². The fourth-order valence-electron chi connectivity index (χ4n) is 4.23. The first-order chi connectivity index (χ1) is 14.8. The van der Waals surface area contributed by atoms with E-state index in [1.807, 2.05) is 0 Å². The van der Waals surface area contributed by atoms with Gasteiger partial charge in [-0.2, -0.15) is 0 Å². The van der Waals surface area contributed by atoms with Crippen molar-refractivity contribution in [1.82, 2.24) is 5.16 Å². The van der Waals surface area contributed by atoms with Crippen LogP contribution in [0.3, 0.4) is 0 Å². The molecule has 0 amide bonds. The molecule has 0 spiro atoms. The number of alkyl halides is 3. The maximum atomic E-state index is 12.9. The van der Waals surface area contributed by atoms with Gasteiger partial charge in [-0.15, -0.1) is 13.2 Å². The second-order valence-electron chi connectivity index (χ2n) is 8.84. The summed E-state index contributed by atoms with van der Waals surface area (Å²) in [4.78, 5) is 0. The monoisotopic (exact) mass is 435 g/mol. The molecule has 1 heterocycles. The first-order valence-electron chi connectivity index (χ1n) is 10.9. The Morgan fingerprint density at radius 2 is 1.90 bits per heavy atom. The Morgan fingerprint density at radius 1 is 1.13 bits per heavy atom. The van der Waals surface area contributed by atoms with Crippen molar-refractivity contribution in [1.29, 1.82) is 0 Å². The molecule has 3 atom stereocenters. The minimum Gasteiger partial charge on any atom is -0.405 e. The van der Waals surface area contributed by atoms with Crippen molar-refractivity contribution in [3.05, 3.63) is 47.7 Å². The third kappa shape index (κ3) is 5.70. The van der Waals surface area contributed by atoms with Crippen molar-refractivity contribution in [2.75, 3.05) is 0 Å². The largest absolute Gasteiger partial charge is 0.573 e. The quantitative estimate of drug-likeness (QED) is 0.458. The Morgan fingerprint density at radius 3 is 2.65 bits per heavy atom. The predicted octanol–water partition coefficient (Wildman–Crippen LogP) is 7.02. The maximum absolute atomic E-state index is 12.9. The lowest BCUT2D eigenvalue weighted by atomic mass is 9.90. The lowest BCUT2D eigenvalue weighted by Gasteiger charge is -2.25. The van der Waals surface area contributed by atoms with E-state index in [2.05, 4.69) is 35.9 Å². The van der Waals surface area contributed by atoms with Crippen molar-refractivity contribution < 1.29 is 27.2 Å². The predicted molar refractivity (Wildman–Crippen MR) is 110 cm³/mol. The van der Waals surface area contributed by atoms with Crippen LogP contribution in [0.4, 0.5) is 13.2 Å². The Bertz CT molecular complexity index is 917. The number of rotatable bonds is 6. The maximum Gasteiger partial charge on any atom is 0.573 e. The van der Waals surface area contributed by atoms with Crippen LogP contribution in [0.1, 0.15) is 63.2 Å². The topological polar surface area (TPSA) is 44.5 Å². The second kappa shape index (κ2) is 9.07. The lowest BCUT2D eigenvalue weighted by molar-refractivity contribution is -0.274. The molecule has 1 saturated carbocycles. The molecule has 1 aromatic carbocycles. The fraction of sp³-hybridized carbons (Fsp3) is 0.542. The summed E-state index contributed by atoms with van der Waals surface area (Å²) in [5.74, 6) is 1.63. The van der Waals surface area contributed by atoms with Crippen LogP contribution in [0.25, 0.3) is 11.3 Å². The Balaban J connectivity index is 1.60. The molecular weight excluding hydrogens is 407 g/mol. The number of aromatic nitrogens is 1. The minimum absolute atomic E-state index is 0.0754. The van der Waals surface area contributed by atoms with Gasteiger partial charge in [0.2, 0.25) is 0 Å². The second-order valence-corrected chi connectivity index (χ2v) is 8.84. The van der Waals surface area contributed by atoms with E-state index in [-0.39, 0.29) is 29.9 Å². The minimum atomic E-state index is -4.78. The number of benzene rings is 1. The third-order valence-electron chi connectivity index (χ3n) is 5.90. The zero-order valence-electron chi connectivity index (χ0n) is 17.8. The number of allylic oxidation sites excluding steroid dienone is 2. The summed E-state index contributed by atoms with van der Waals surface area (Å²) >= 11 is 0. The number of para-hydroxylation sites is 1. The van der Waals surface area contributed by atoms with E-state index in [0.717, 1.165) is 43.4 Å². The van der Waals surface area contributed by atoms with Crippen LogP contribution in [0.15, 0.2) is 40.9 Å². The summed E-state index contributed by atoms with van der Waals surface area (Å²) in [5.41, 5.74) is 1.36. The Labute approximate surface area is 180 Å². The fourth-order valence-corrected chi connectivity index (χ4v) is 4.23. The summed E-state index contributed by atoms with van der Waals surface area (Å²) in [7, 11) is 0. The van der Waals surface area contributed by atoms with Gasteiger partial charge in [-0.05, 0) is 56.1 Å². The summed E-state index contributed by atoms with van der Waals surface area (Å²) in [6.45, 7) is 4.65. The van der Waals surface area contributed by atoms with Gasteiger partial charge < -0.3 is 14.0 Å². The number of nitrogens with zero attached hydrogens (tertiary/aromatic N) is 1. The summed E-state index contributed by atoms with van der Waals surface area (Å²) < 4.78 is 54.9. The number of halogens is 3. The van der Waals surface area contributed by atoms with Crippen molar-refractivity contribution in [3.63, 3.8) is 0 Å². The molecule has 0 saturated heterocycles. The first-order valence-corrected chi connectivity index (χ1v) is 10.9. The zero-order chi connectivity index (χ0) is 22.0. The molecule has 7 heteroatoms. The molecule has 2 aliphatic carbocycles. The van der Waals surface area contributed by atoms with Crippen LogP contribution in [-0.4, -0.2) is 17.6 Å². The molecule has 0 bridgehead atoms. The smallest absolute Gasteiger partial charge is 0.405 e. The van der Waals surface area contributed by atoms with E-state index in [1.54, 1.807) is 12.1 Å². The van der Waals surface area contributed by atoms with Gasteiger partial charge in [-0.1, -0.05) is 43.3 Å². The molecule has 1 fully saturated rings. The van der Waals surface area contributed by atoms with Gasteiger partial charge in [0.1, 0.15) is 17.2 Å². The molecule has 31 heavy (non-hydrogen) atoms. The van der Waals surface area contributed by atoms with E-state index < -0.39 is 6.36 Å². The highest BCUT2D eigenvalue weighted by Gasteiger charge is 2.36. The van der Waals surface area contributed by atoms with E-state index >= 15 is 0 Å². The SMILES string of the molecule is CC1/C=C/CC(C)CC(OCc2c(-c3ccccc3OC(F)(F)F)noc2C2CC2)C1. The van der Waals surface area contributed by atoms with Crippen LogP contribution < -0.4 is 4.74 Å². The molecular formula is C24H28F3NO3. The summed E-state index contributed by atoms with van der Waals surface area (Å²) in [5, 5.41) is 4.15. The molecule has 0 aliphatic heterocycles. The van der Waals surface area contributed by atoms with E-state index in [1.165, 1.54) is 12.1 Å². The van der Waals surface area contributed by atoms with Gasteiger partial charge in [0.25, 0.3) is 0 Å². The molecule has 168 valence electrons. The third-order valence-corrected chi connectivity index (χ3v) is 5.90. The van der Waals surface area contributed by atoms with Gasteiger partial charge in [0, 0.05) is 17.0 Å². The average Bonchev–Trinajstić information content (AvgIpc) is 3.44. The van der Waals surface area contributed by atoms with Gasteiger partial charge >= 0.3 is 6.36 Å². The molecule has 1 aromatic heterocycles. The number of hydrogen-bond donors (Lipinski definition) is 0. The van der Waals surface area contributed by atoms with Crippen LogP contribution in [0.5, 0.6) is 5.75 Å². The van der Waals surface area contributed by atoms with Gasteiger partial charge in [-0.25, -0.2) is 0 Å². The van der Waals surface area contributed by atoms with Crippen LogP contribution in [0, 0.1) is 11.8 Å². The lowest BCUT2D eigenvalue weighted by Crippen LogP contribution is -2.21. The molecule has 2 aliphatic rings. The Hall–Kier alpha value is -2.28. The van der Waals surface area contributed by atoms with E-state index in [4.69, 9.17) is 9.26 Å². The van der Waals surface area contributed by atoms with Crippen LogP contribution in [0.2, 0.25) is 0 Å². The molecule has 0 radical (unpaired) electrons. The average molecular weight is 435 g/mol. The molecule has 3 unspecified atom stereocenters. The van der Waals surface area contributed by atoms with E-state index in [0.29, 0.717) is 17.5 Å². The normalized spacial score (nSPS) is 25.6. The number of hydrogen-bond acceptors (Lipinski definition) is 4. The van der Waals surface area contributed by atoms with Crippen molar-refractivity contribution in [2.24, 2.45) is 11.8 Å². The first kappa shape index (κ1) is 21.9. The van der Waals surface area contributed by atoms with E-state index in [9.17, 15) is 13.2 Å². The van der Waals surface area contributed by atoms with Gasteiger partial charge in [0.15, 0.2) is 0 Å². The highest BCUT2D eigenvalue weighted by atomic mass is 19.4. The zero-order valence-corrected chi connectivity index (χ0v) is 17.8. The van der Waals surface area contributed by atoms with Crippen molar-refractivity contribution in [3.8, 4) is 17.0 Å². The molecule has 4 nitrogen and oxygen atoms in total. The van der Waals surface area contributed by atoms with Crippen LogP contribution in [-0.2, 0) is 11.3 Å². The Kier molecular flexibility index (Phi) is 6.42. The molecule has 4 rings (SSSR count). The van der Waals surface area contributed by atoms with Crippen LogP contribution >= 0.6 is 0 Å². The van der Waals surface area contributed by atoms with Gasteiger partial charge in [0.05, 0.1) is 12.7 Å². The number of ether oxygens (including phenoxy) is 2. The molecule has 0 N–H and O–H groups in total.